The van der Waals surface area contributed by atoms with E-state index in [1.807, 2.05) is 28.5 Å². The molecule has 0 aliphatic heterocycles. The van der Waals surface area contributed by atoms with Gasteiger partial charge in [0.15, 0.2) is 0 Å². The monoisotopic (exact) mass is 386 g/mol. The molecular formula is C14H21BrSiZr. The predicted molar refractivity (Wildman–Crippen MR) is 83.4 cm³/mol. The van der Waals surface area contributed by atoms with E-state index in [4.69, 9.17) is 0 Å². The van der Waals surface area contributed by atoms with Gasteiger partial charge in [-0.2, -0.15) is 6.08 Å². The minimum atomic E-state index is 0. The largest absolute Gasteiger partial charge is 3.00 e. The normalized spacial score (nSPS) is 9.47. The number of halogens is 1. The quantitative estimate of drug-likeness (QED) is 0.509. The maximum absolute atomic E-state index is 2.99. The van der Waals surface area contributed by atoms with Crippen molar-refractivity contribution >= 4 is 27.2 Å². The van der Waals surface area contributed by atoms with Crippen molar-refractivity contribution in [3.05, 3.63) is 75.1 Å². The fraction of sp³-hybridized carbons (Fsp3) is 0.143. The number of hydrogen-bond donors (Lipinski definition) is 0. The zero-order chi connectivity index (χ0) is 9.36. The number of allylic oxidation sites excluding steroid dienone is 4. The van der Waals surface area contributed by atoms with Crippen molar-refractivity contribution < 1.29 is 26.2 Å². The second-order valence-corrected chi connectivity index (χ2v) is 3.24. The number of rotatable bonds is 1. The van der Waals surface area contributed by atoms with Crippen molar-refractivity contribution in [2.75, 3.05) is 0 Å². The molecule has 0 heterocycles. The summed E-state index contributed by atoms with van der Waals surface area (Å²) >= 11 is 0. The number of hydrogen-bond acceptors (Lipinski definition) is 0. The molecule has 0 unspecified atom stereocenters. The predicted octanol–water partition coefficient (Wildman–Crippen LogP) is 3.60. The molecule has 92 valence electrons. The minimum absolute atomic E-state index is 0. The summed E-state index contributed by atoms with van der Waals surface area (Å²) in [6.07, 6.45) is 10.0. The first-order valence-electron chi connectivity index (χ1n) is 4.48. The van der Waals surface area contributed by atoms with Crippen LogP contribution in [0.1, 0.15) is 12.0 Å². The van der Waals surface area contributed by atoms with E-state index in [0.29, 0.717) is 0 Å². The van der Waals surface area contributed by atoms with Gasteiger partial charge in [-0.15, -0.1) is 23.4 Å². The van der Waals surface area contributed by atoms with Crippen LogP contribution in [0.15, 0.2) is 48.6 Å². The molecule has 0 amide bonds. The Hall–Kier alpha value is 0.280. The van der Waals surface area contributed by atoms with Crippen molar-refractivity contribution in [1.82, 2.24) is 0 Å². The first-order chi connectivity index (χ1) is 6.43. The summed E-state index contributed by atoms with van der Waals surface area (Å²) in [6, 6.07) is 11.6. The van der Waals surface area contributed by atoms with Crippen LogP contribution in [0.4, 0.5) is 0 Å². The molecule has 1 aliphatic rings. The molecule has 0 fully saturated rings. The van der Waals surface area contributed by atoms with Crippen LogP contribution in [0.5, 0.6) is 0 Å². The molecule has 0 nitrogen and oxygen atoms in total. The van der Waals surface area contributed by atoms with Gasteiger partial charge in [0.05, 0.1) is 0 Å². The van der Waals surface area contributed by atoms with E-state index in [1.54, 1.807) is 0 Å². The van der Waals surface area contributed by atoms with Gasteiger partial charge in [0.25, 0.3) is 0 Å². The van der Waals surface area contributed by atoms with Crippen molar-refractivity contribution in [3.8, 4) is 0 Å². The van der Waals surface area contributed by atoms with Crippen LogP contribution in [-0.4, -0.2) is 10.2 Å². The molecular weight excluding hydrogens is 367 g/mol. The Morgan fingerprint density at radius 2 is 1.71 bits per heavy atom. The van der Waals surface area contributed by atoms with Crippen LogP contribution in [0.2, 0.25) is 0 Å². The number of benzene rings is 1. The third kappa shape index (κ3) is 14.2. The molecule has 0 saturated heterocycles. The second kappa shape index (κ2) is 18.6. The van der Waals surface area contributed by atoms with E-state index >= 15 is 0 Å². The van der Waals surface area contributed by atoms with Crippen molar-refractivity contribution in [1.29, 1.82) is 0 Å². The van der Waals surface area contributed by atoms with Crippen LogP contribution in [0.3, 0.4) is 0 Å². The summed E-state index contributed by atoms with van der Waals surface area (Å²) in [6.45, 7) is 0. The molecule has 0 N–H and O–H groups in total. The summed E-state index contributed by atoms with van der Waals surface area (Å²) in [5.74, 6) is 0. The molecule has 1 aromatic rings. The Balaban J connectivity index is -0.0000000849. The van der Waals surface area contributed by atoms with E-state index in [-0.39, 0.29) is 58.0 Å². The molecule has 2 rings (SSSR count). The standard InChI is InChI=1S/C7H9Si.C5H5.2CH3.BrH.Zr/c8-6-7-4-2-1-3-5-7;1-2-4-5-3-1;;;;/h1-5H,6,8H2;1-3H,4H2;2*1H3;1H;/q;3*-1;;+3. The second-order valence-electron chi connectivity index (χ2n) is 2.74. The van der Waals surface area contributed by atoms with Gasteiger partial charge in [0.1, 0.15) is 0 Å². The maximum atomic E-state index is 2.99. The van der Waals surface area contributed by atoms with E-state index in [1.165, 1.54) is 11.6 Å². The van der Waals surface area contributed by atoms with Crippen LogP contribution in [0.25, 0.3) is 0 Å². The van der Waals surface area contributed by atoms with Crippen LogP contribution < -0.4 is 0 Å². The van der Waals surface area contributed by atoms with Gasteiger partial charge in [0, 0.05) is 10.2 Å². The SMILES string of the molecule is Br.[C-]1=CC=CC1.[CH3-].[CH3-].[SiH2]Cc1ccccc1.[Zr+3]. The fourth-order valence-electron chi connectivity index (χ4n) is 0.985. The molecule has 1 aromatic carbocycles. The van der Waals surface area contributed by atoms with Gasteiger partial charge < -0.3 is 14.9 Å². The van der Waals surface area contributed by atoms with Gasteiger partial charge in [-0.3, -0.25) is 6.08 Å². The van der Waals surface area contributed by atoms with Crippen LogP contribution in [0, 0.1) is 20.9 Å². The van der Waals surface area contributed by atoms with Crippen molar-refractivity contribution in [2.45, 2.75) is 12.5 Å². The first kappa shape index (κ1) is 26.0. The van der Waals surface area contributed by atoms with E-state index < -0.39 is 0 Å². The Bertz CT molecular complexity index is 274. The molecule has 0 spiro atoms. The first-order valence-corrected chi connectivity index (χ1v) is 5.48. The molecule has 0 bridgehead atoms. The molecule has 17 heavy (non-hydrogen) atoms. The topological polar surface area (TPSA) is 0 Å². The summed E-state index contributed by atoms with van der Waals surface area (Å²) in [4.78, 5) is 0. The molecule has 0 atom stereocenters. The summed E-state index contributed by atoms with van der Waals surface area (Å²) in [7, 11) is 1.98. The summed E-state index contributed by atoms with van der Waals surface area (Å²) < 4.78 is 0. The Morgan fingerprint density at radius 1 is 1.12 bits per heavy atom. The van der Waals surface area contributed by atoms with Gasteiger partial charge in [-0.05, 0) is 6.04 Å². The smallest absolute Gasteiger partial charge is 0.358 e. The zero-order valence-corrected chi connectivity index (χ0v) is 16.2. The van der Waals surface area contributed by atoms with Gasteiger partial charge >= 0.3 is 26.2 Å². The Labute approximate surface area is 140 Å². The average Bonchev–Trinajstić information content (AvgIpc) is 2.77. The van der Waals surface area contributed by atoms with Crippen molar-refractivity contribution in [2.24, 2.45) is 0 Å². The summed E-state index contributed by atoms with van der Waals surface area (Å²) in [5, 5.41) is 0. The molecule has 1 aliphatic carbocycles. The van der Waals surface area contributed by atoms with Gasteiger partial charge in [-0.1, -0.05) is 35.9 Å². The molecule has 0 saturated carbocycles. The van der Waals surface area contributed by atoms with E-state index in [0.717, 1.165) is 6.42 Å². The van der Waals surface area contributed by atoms with Gasteiger partial charge in [0.2, 0.25) is 0 Å². The van der Waals surface area contributed by atoms with Crippen LogP contribution in [-0.2, 0) is 32.2 Å². The van der Waals surface area contributed by atoms with Crippen molar-refractivity contribution in [3.63, 3.8) is 0 Å². The average molecular weight is 389 g/mol. The molecule has 2 radical (unpaired) electrons. The fourth-order valence-corrected chi connectivity index (χ4v) is 1.32. The molecule has 3 heteroatoms. The van der Waals surface area contributed by atoms with E-state index in [9.17, 15) is 0 Å². The molecule has 0 aromatic heterocycles. The maximum Gasteiger partial charge on any atom is 3.00 e. The zero-order valence-electron chi connectivity index (χ0n) is 10.6. The Kier molecular flexibility index (Phi) is 28.5. The minimum Gasteiger partial charge on any atom is -0.358 e. The van der Waals surface area contributed by atoms with Crippen LogP contribution >= 0.6 is 17.0 Å². The van der Waals surface area contributed by atoms with E-state index in [2.05, 4.69) is 36.4 Å². The Morgan fingerprint density at radius 3 is 1.94 bits per heavy atom. The third-order valence-electron chi connectivity index (χ3n) is 1.72. The third-order valence-corrected chi connectivity index (χ3v) is 2.29. The summed E-state index contributed by atoms with van der Waals surface area (Å²) in [5.41, 5.74) is 1.42. The van der Waals surface area contributed by atoms with Gasteiger partial charge in [-0.25, -0.2) is 12.2 Å².